The van der Waals surface area contributed by atoms with Gasteiger partial charge in [0, 0.05) is 17.8 Å². The normalized spacial score (nSPS) is 16.4. The lowest BCUT2D eigenvalue weighted by Gasteiger charge is -1.94. The number of nitrogens with one attached hydrogen (secondary N) is 1. The molecular formula is C9H10FN3. The number of nitrogens with zero attached hydrogens (tertiary/aromatic N) is 2. The van der Waals surface area contributed by atoms with Crippen molar-refractivity contribution in [1.82, 2.24) is 10.4 Å². The Kier molecular flexibility index (Phi) is 2.21. The predicted octanol–water partition coefficient (Wildman–Crippen LogP) is 1.31. The lowest BCUT2D eigenvalue weighted by atomic mass is 10.3. The van der Waals surface area contributed by atoms with Gasteiger partial charge in [-0.1, -0.05) is 0 Å². The monoisotopic (exact) mass is 179 g/mol. The summed E-state index contributed by atoms with van der Waals surface area (Å²) in [5, 5.41) is 4.00. The lowest BCUT2D eigenvalue weighted by molar-refractivity contribution is 0.583. The topological polar surface area (TPSA) is 37.3 Å². The second-order valence-electron chi connectivity index (χ2n) is 3.08. The number of rotatable bonds is 3. The van der Waals surface area contributed by atoms with Crippen molar-refractivity contribution in [3.05, 3.63) is 29.8 Å². The molecule has 1 aromatic rings. The van der Waals surface area contributed by atoms with Gasteiger partial charge in [-0.3, -0.25) is 0 Å². The lowest BCUT2D eigenvalue weighted by Crippen LogP contribution is -2.07. The van der Waals surface area contributed by atoms with E-state index in [-0.39, 0.29) is 0 Å². The first-order chi connectivity index (χ1) is 6.34. The van der Waals surface area contributed by atoms with Crippen molar-refractivity contribution >= 4 is 6.21 Å². The van der Waals surface area contributed by atoms with Crippen LogP contribution in [0.25, 0.3) is 0 Å². The molecule has 0 amide bonds. The van der Waals surface area contributed by atoms with E-state index in [1.165, 1.54) is 25.1 Å². The van der Waals surface area contributed by atoms with Crippen LogP contribution in [-0.4, -0.2) is 17.2 Å². The van der Waals surface area contributed by atoms with Crippen LogP contribution in [0.2, 0.25) is 0 Å². The van der Waals surface area contributed by atoms with E-state index in [2.05, 4.69) is 15.5 Å². The Balaban J connectivity index is 1.92. The van der Waals surface area contributed by atoms with Gasteiger partial charge in [0.15, 0.2) is 0 Å². The molecule has 1 aliphatic rings. The van der Waals surface area contributed by atoms with Crippen LogP contribution in [0, 0.1) is 5.95 Å². The molecule has 4 heteroatoms. The number of pyridine rings is 1. The molecule has 0 radical (unpaired) electrons. The fourth-order valence-electron chi connectivity index (χ4n) is 0.893. The van der Waals surface area contributed by atoms with Crippen molar-refractivity contribution < 1.29 is 4.39 Å². The standard InChI is InChI=1S/C9H10FN3/c10-9-4-1-7(5-11-9)6-12-13-8-2-3-8/h1,4-6,8,13H,2-3H2/b12-6+. The minimum Gasteiger partial charge on any atom is -0.307 e. The molecule has 0 unspecified atom stereocenters. The van der Waals surface area contributed by atoms with Gasteiger partial charge in [-0.25, -0.2) is 4.98 Å². The molecule has 3 nitrogen and oxygen atoms in total. The Morgan fingerprint density at radius 3 is 3.00 bits per heavy atom. The van der Waals surface area contributed by atoms with Gasteiger partial charge in [-0.15, -0.1) is 0 Å². The Labute approximate surface area is 75.7 Å². The fraction of sp³-hybridized carbons (Fsp3) is 0.333. The van der Waals surface area contributed by atoms with E-state index in [1.807, 2.05) is 0 Å². The maximum Gasteiger partial charge on any atom is 0.212 e. The summed E-state index contributed by atoms with van der Waals surface area (Å²) in [5.74, 6) is -0.465. The summed E-state index contributed by atoms with van der Waals surface area (Å²) in [5.41, 5.74) is 3.77. The van der Waals surface area contributed by atoms with Gasteiger partial charge in [0.25, 0.3) is 0 Å². The summed E-state index contributed by atoms with van der Waals surface area (Å²) < 4.78 is 12.4. The summed E-state index contributed by atoms with van der Waals surface area (Å²) in [6, 6.07) is 3.50. The van der Waals surface area contributed by atoms with Gasteiger partial charge in [-0.05, 0) is 25.0 Å². The van der Waals surface area contributed by atoms with Crippen LogP contribution in [0.15, 0.2) is 23.4 Å². The Morgan fingerprint density at radius 1 is 1.54 bits per heavy atom. The van der Waals surface area contributed by atoms with Crippen molar-refractivity contribution in [2.24, 2.45) is 5.10 Å². The number of aromatic nitrogens is 1. The zero-order chi connectivity index (χ0) is 9.10. The molecule has 1 aromatic heterocycles. The average molecular weight is 179 g/mol. The fourth-order valence-corrected chi connectivity index (χ4v) is 0.893. The quantitative estimate of drug-likeness (QED) is 0.431. The van der Waals surface area contributed by atoms with Crippen LogP contribution >= 0.6 is 0 Å². The van der Waals surface area contributed by atoms with Crippen molar-refractivity contribution in [2.75, 3.05) is 0 Å². The first-order valence-corrected chi connectivity index (χ1v) is 4.25. The second-order valence-corrected chi connectivity index (χ2v) is 3.08. The zero-order valence-electron chi connectivity index (χ0n) is 7.07. The van der Waals surface area contributed by atoms with Crippen LogP contribution in [-0.2, 0) is 0 Å². The molecule has 1 fully saturated rings. The summed E-state index contributed by atoms with van der Waals surface area (Å²) in [4.78, 5) is 3.51. The van der Waals surface area contributed by atoms with E-state index in [0.717, 1.165) is 5.56 Å². The van der Waals surface area contributed by atoms with Gasteiger partial charge in [0.1, 0.15) is 0 Å². The molecule has 2 rings (SSSR count). The summed E-state index contributed by atoms with van der Waals surface area (Å²) in [6.45, 7) is 0. The van der Waals surface area contributed by atoms with Crippen LogP contribution in [0.5, 0.6) is 0 Å². The maximum absolute atomic E-state index is 12.4. The van der Waals surface area contributed by atoms with Crippen LogP contribution in [0.1, 0.15) is 18.4 Å². The minimum atomic E-state index is -0.465. The molecule has 0 spiro atoms. The number of halogens is 1. The SMILES string of the molecule is Fc1ccc(/C=N/NC2CC2)cn1. The number of hydrogen-bond acceptors (Lipinski definition) is 3. The first-order valence-electron chi connectivity index (χ1n) is 4.25. The van der Waals surface area contributed by atoms with Gasteiger partial charge < -0.3 is 5.43 Å². The molecule has 0 saturated heterocycles. The van der Waals surface area contributed by atoms with Crippen LogP contribution < -0.4 is 5.43 Å². The molecule has 0 atom stereocenters. The second kappa shape index (κ2) is 3.51. The molecule has 1 heterocycles. The van der Waals surface area contributed by atoms with Crippen molar-refractivity contribution in [1.29, 1.82) is 0 Å². The van der Waals surface area contributed by atoms with Crippen LogP contribution in [0.3, 0.4) is 0 Å². The first kappa shape index (κ1) is 8.16. The van der Waals surface area contributed by atoms with Crippen molar-refractivity contribution in [3.63, 3.8) is 0 Å². The van der Waals surface area contributed by atoms with Gasteiger partial charge in [0.05, 0.1) is 6.21 Å². The van der Waals surface area contributed by atoms with Crippen LogP contribution in [0.4, 0.5) is 4.39 Å². The average Bonchev–Trinajstić information content (AvgIpc) is 2.92. The van der Waals surface area contributed by atoms with E-state index in [9.17, 15) is 4.39 Å². The Morgan fingerprint density at radius 2 is 2.38 bits per heavy atom. The van der Waals surface area contributed by atoms with E-state index in [4.69, 9.17) is 0 Å². The molecule has 68 valence electrons. The highest BCUT2D eigenvalue weighted by molar-refractivity contribution is 5.78. The highest BCUT2D eigenvalue weighted by Gasteiger charge is 2.19. The summed E-state index contributed by atoms with van der Waals surface area (Å²) >= 11 is 0. The molecule has 0 aromatic carbocycles. The Hall–Kier alpha value is -1.45. The summed E-state index contributed by atoms with van der Waals surface area (Å²) in [7, 11) is 0. The molecular weight excluding hydrogens is 169 g/mol. The van der Waals surface area contributed by atoms with Gasteiger partial charge >= 0.3 is 0 Å². The molecule has 1 aliphatic carbocycles. The number of hydrazone groups is 1. The predicted molar refractivity (Wildman–Crippen MR) is 47.9 cm³/mol. The molecule has 0 bridgehead atoms. The molecule has 1 saturated carbocycles. The van der Waals surface area contributed by atoms with E-state index in [1.54, 1.807) is 12.3 Å². The van der Waals surface area contributed by atoms with Gasteiger partial charge in [0.2, 0.25) is 5.95 Å². The minimum absolute atomic E-state index is 0.465. The third-order valence-electron chi connectivity index (χ3n) is 1.80. The van der Waals surface area contributed by atoms with Crippen molar-refractivity contribution in [2.45, 2.75) is 18.9 Å². The summed E-state index contributed by atoms with van der Waals surface area (Å²) in [6.07, 6.45) is 5.48. The number of hydrogen-bond donors (Lipinski definition) is 1. The van der Waals surface area contributed by atoms with E-state index in [0.29, 0.717) is 6.04 Å². The van der Waals surface area contributed by atoms with E-state index >= 15 is 0 Å². The van der Waals surface area contributed by atoms with E-state index < -0.39 is 5.95 Å². The maximum atomic E-state index is 12.4. The smallest absolute Gasteiger partial charge is 0.212 e. The third kappa shape index (κ3) is 2.50. The Bertz CT molecular complexity index is 303. The molecule has 1 N–H and O–H groups in total. The largest absolute Gasteiger partial charge is 0.307 e. The highest BCUT2D eigenvalue weighted by atomic mass is 19.1. The highest BCUT2D eigenvalue weighted by Crippen LogP contribution is 2.18. The zero-order valence-corrected chi connectivity index (χ0v) is 7.07. The van der Waals surface area contributed by atoms with Crippen molar-refractivity contribution in [3.8, 4) is 0 Å². The molecule has 13 heavy (non-hydrogen) atoms. The molecule has 0 aliphatic heterocycles. The third-order valence-corrected chi connectivity index (χ3v) is 1.80. The van der Waals surface area contributed by atoms with Gasteiger partial charge in [-0.2, -0.15) is 9.49 Å².